The lowest BCUT2D eigenvalue weighted by molar-refractivity contribution is -0.149. The van der Waals surface area contributed by atoms with Crippen molar-refractivity contribution in [1.29, 1.82) is 0 Å². The summed E-state index contributed by atoms with van der Waals surface area (Å²) in [6.45, 7) is 3.83. The van der Waals surface area contributed by atoms with Crippen LogP contribution in [0.15, 0.2) is 30.5 Å². The molecular weight excluding hydrogens is 416 g/mol. The quantitative estimate of drug-likeness (QED) is 0.508. The molecule has 4 fully saturated rings. The number of aromatic nitrogens is 1. The van der Waals surface area contributed by atoms with Gasteiger partial charge in [0.25, 0.3) is 5.91 Å². The summed E-state index contributed by atoms with van der Waals surface area (Å²) < 4.78 is 0. The Hall–Kier alpha value is -2.83. The average Bonchev–Trinajstić information content (AvgIpc) is 3.17. The molecule has 0 radical (unpaired) electrons. The van der Waals surface area contributed by atoms with Crippen LogP contribution in [0.25, 0.3) is 10.9 Å². The van der Waals surface area contributed by atoms with Gasteiger partial charge < -0.3 is 10.3 Å². The second-order valence-corrected chi connectivity index (χ2v) is 11.0. The first-order valence-electron chi connectivity index (χ1n) is 12.3. The molecule has 1 unspecified atom stereocenters. The molecule has 4 saturated carbocycles. The molecule has 0 spiro atoms. The van der Waals surface area contributed by atoms with E-state index in [2.05, 4.69) is 21.2 Å². The molecular formula is C26H34N4O3. The number of aromatic amines is 1. The first-order valence-corrected chi connectivity index (χ1v) is 12.3. The highest BCUT2D eigenvalue weighted by Gasteiger charge is 2.55. The van der Waals surface area contributed by atoms with Crippen molar-refractivity contribution in [1.82, 2.24) is 21.2 Å². The summed E-state index contributed by atoms with van der Waals surface area (Å²) >= 11 is 0. The SMILES string of the molecule is CC(C)C(NC(=O)C12CC3CC(CC(C3)C1)C2)C(=O)NNC(=O)Cc1c[nH]c2ccccc12. The van der Waals surface area contributed by atoms with Gasteiger partial charge in [-0.15, -0.1) is 0 Å². The number of benzene rings is 1. The molecule has 7 nitrogen and oxygen atoms in total. The van der Waals surface area contributed by atoms with Crippen molar-refractivity contribution in [2.45, 2.75) is 64.8 Å². The molecule has 4 bridgehead atoms. The van der Waals surface area contributed by atoms with Crippen LogP contribution in [-0.4, -0.2) is 28.7 Å². The van der Waals surface area contributed by atoms with Crippen molar-refractivity contribution in [2.75, 3.05) is 0 Å². The van der Waals surface area contributed by atoms with Crippen LogP contribution in [0.5, 0.6) is 0 Å². The van der Waals surface area contributed by atoms with E-state index in [1.807, 2.05) is 44.3 Å². The number of hydrogen-bond donors (Lipinski definition) is 4. The van der Waals surface area contributed by atoms with Gasteiger partial charge in [-0.3, -0.25) is 25.2 Å². The molecule has 1 atom stereocenters. The van der Waals surface area contributed by atoms with E-state index in [1.54, 1.807) is 0 Å². The number of carbonyl (C=O) groups excluding carboxylic acids is 3. The standard InChI is InChI=1S/C26H34N4O3/c1-15(2)23(28-25(33)26-11-16-7-17(12-26)9-18(8-16)13-26)24(32)30-29-22(31)10-19-14-27-21-6-4-3-5-20(19)21/h3-6,14-18,23,27H,7-13H2,1-2H3,(H,28,33)(H,29,31)(H,30,32). The minimum absolute atomic E-state index is 0.0283. The lowest BCUT2D eigenvalue weighted by Crippen LogP contribution is -2.59. The third kappa shape index (κ3) is 4.25. The third-order valence-corrected chi connectivity index (χ3v) is 8.11. The minimum atomic E-state index is -0.682. The lowest BCUT2D eigenvalue weighted by Gasteiger charge is -2.55. The Labute approximate surface area is 194 Å². The fraction of sp³-hybridized carbons (Fsp3) is 0.577. The molecule has 4 N–H and O–H groups in total. The lowest BCUT2D eigenvalue weighted by atomic mass is 9.49. The molecule has 33 heavy (non-hydrogen) atoms. The Balaban J connectivity index is 1.18. The summed E-state index contributed by atoms with van der Waals surface area (Å²) in [6.07, 6.45) is 8.64. The number of fused-ring (bicyclic) bond motifs is 1. The molecule has 1 aromatic carbocycles. The monoisotopic (exact) mass is 450 g/mol. The topological polar surface area (TPSA) is 103 Å². The Morgan fingerprint density at radius 1 is 1.00 bits per heavy atom. The smallest absolute Gasteiger partial charge is 0.261 e. The predicted octanol–water partition coefficient (Wildman–Crippen LogP) is 3.22. The highest BCUT2D eigenvalue weighted by molar-refractivity contribution is 5.93. The zero-order valence-corrected chi connectivity index (χ0v) is 19.4. The van der Waals surface area contributed by atoms with E-state index in [9.17, 15) is 14.4 Å². The maximum absolute atomic E-state index is 13.4. The van der Waals surface area contributed by atoms with Crippen molar-refractivity contribution in [3.8, 4) is 0 Å². The first-order chi connectivity index (χ1) is 15.8. The van der Waals surface area contributed by atoms with Gasteiger partial charge in [-0.05, 0) is 73.8 Å². The molecule has 6 rings (SSSR count). The van der Waals surface area contributed by atoms with Gasteiger partial charge in [0.2, 0.25) is 11.8 Å². The van der Waals surface area contributed by atoms with Gasteiger partial charge in [-0.25, -0.2) is 0 Å². The second kappa shape index (κ2) is 8.50. The Kier molecular flexibility index (Phi) is 5.67. The Bertz CT molecular complexity index is 1040. The third-order valence-electron chi connectivity index (χ3n) is 8.11. The molecule has 4 aliphatic rings. The van der Waals surface area contributed by atoms with Crippen LogP contribution in [0.1, 0.15) is 57.9 Å². The molecule has 0 saturated heterocycles. The van der Waals surface area contributed by atoms with E-state index in [4.69, 9.17) is 0 Å². The van der Waals surface area contributed by atoms with Crippen molar-refractivity contribution in [2.24, 2.45) is 29.1 Å². The van der Waals surface area contributed by atoms with Gasteiger partial charge in [0.15, 0.2) is 0 Å². The van der Waals surface area contributed by atoms with Crippen molar-refractivity contribution in [3.63, 3.8) is 0 Å². The number of carbonyl (C=O) groups is 3. The molecule has 7 heteroatoms. The Morgan fingerprint density at radius 2 is 1.64 bits per heavy atom. The van der Waals surface area contributed by atoms with Crippen molar-refractivity contribution in [3.05, 3.63) is 36.0 Å². The summed E-state index contributed by atoms with van der Waals surface area (Å²) in [5.41, 5.74) is 6.60. The van der Waals surface area contributed by atoms with Crippen LogP contribution in [0.4, 0.5) is 0 Å². The van der Waals surface area contributed by atoms with E-state index in [1.165, 1.54) is 19.3 Å². The number of H-pyrrole nitrogens is 1. The van der Waals surface area contributed by atoms with Crippen LogP contribution < -0.4 is 16.2 Å². The molecule has 4 aliphatic carbocycles. The van der Waals surface area contributed by atoms with Gasteiger partial charge in [0.1, 0.15) is 6.04 Å². The van der Waals surface area contributed by atoms with Crippen LogP contribution >= 0.6 is 0 Å². The maximum atomic E-state index is 13.4. The molecule has 3 amide bonds. The van der Waals surface area contributed by atoms with Gasteiger partial charge in [-0.2, -0.15) is 0 Å². The summed E-state index contributed by atoms with van der Waals surface area (Å²) in [7, 11) is 0. The molecule has 0 aliphatic heterocycles. The number of amides is 3. The van der Waals surface area contributed by atoms with Crippen molar-refractivity contribution >= 4 is 28.6 Å². The van der Waals surface area contributed by atoms with Gasteiger partial charge >= 0.3 is 0 Å². The van der Waals surface area contributed by atoms with Crippen LogP contribution in [-0.2, 0) is 20.8 Å². The van der Waals surface area contributed by atoms with E-state index in [-0.39, 0.29) is 35.5 Å². The van der Waals surface area contributed by atoms with E-state index in [0.29, 0.717) is 17.8 Å². The number of nitrogens with one attached hydrogen (secondary N) is 4. The summed E-state index contributed by atoms with van der Waals surface area (Å²) in [5, 5.41) is 4.05. The van der Waals surface area contributed by atoms with E-state index < -0.39 is 6.04 Å². The zero-order valence-electron chi connectivity index (χ0n) is 19.4. The molecule has 2 aromatic rings. The van der Waals surface area contributed by atoms with Gasteiger partial charge in [-0.1, -0.05) is 32.0 Å². The zero-order chi connectivity index (χ0) is 23.2. The number of hydrazine groups is 1. The molecule has 1 aromatic heterocycles. The van der Waals surface area contributed by atoms with Gasteiger partial charge in [0.05, 0.1) is 6.42 Å². The summed E-state index contributed by atoms with van der Waals surface area (Å²) in [5.74, 6) is 1.25. The fourth-order valence-electron chi connectivity index (χ4n) is 6.92. The van der Waals surface area contributed by atoms with Gasteiger partial charge in [0, 0.05) is 22.5 Å². The normalized spacial score (nSPS) is 28.6. The average molecular weight is 451 g/mol. The van der Waals surface area contributed by atoms with E-state index in [0.717, 1.165) is 35.7 Å². The molecule has 176 valence electrons. The number of para-hydroxylation sites is 1. The highest BCUT2D eigenvalue weighted by Crippen LogP contribution is 2.60. The van der Waals surface area contributed by atoms with Crippen LogP contribution in [0.2, 0.25) is 0 Å². The largest absolute Gasteiger partial charge is 0.361 e. The Morgan fingerprint density at radius 3 is 2.27 bits per heavy atom. The predicted molar refractivity (Wildman–Crippen MR) is 126 cm³/mol. The second-order valence-electron chi connectivity index (χ2n) is 11.0. The first kappa shape index (κ1) is 22.0. The highest BCUT2D eigenvalue weighted by atomic mass is 16.2. The van der Waals surface area contributed by atoms with Crippen LogP contribution in [0, 0.1) is 29.1 Å². The molecule has 1 heterocycles. The number of rotatable bonds is 6. The fourth-order valence-corrected chi connectivity index (χ4v) is 6.92. The minimum Gasteiger partial charge on any atom is -0.361 e. The maximum Gasteiger partial charge on any atom is 0.261 e. The van der Waals surface area contributed by atoms with E-state index >= 15 is 0 Å². The van der Waals surface area contributed by atoms with Crippen molar-refractivity contribution < 1.29 is 14.4 Å². The summed E-state index contributed by atoms with van der Waals surface area (Å²) in [4.78, 5) is 42.0. The van der Waals surface area contributed by atoms with Crippen LogP contribution in [0.3, 0.4) is 0 Å². The summed E-state index contributed by atoms with van der Waals surface area (Å²) in [6, 6.07) is 7.10. The number of hydrogen-bond acceptors (Lipinski definition) is 3.